The molecule has 3 rings (SSSR count). The van der Waals surface area contributed by atoms with Gasteiger partial charge in [-0.05, 0) is 12.5 Å². The lowest BCUT2D eigenvalue weighted by molar-refractivity contribution is 0.0782. The summed E-state index contributed by atoms with van der Waals surface area (Å²) < 4.78 is 20.4. The number of carbonyl (C=O) groups excluding carboxylic acids is 1. The van der Waals surface area contributed by atoms with Crippen molar-refractivity contribution in [1.29, 1.82) is 0 Å². The third-order valence-electron chi connectivity index (χ3n) is 3.68. The quantitative estimate of drug-likeness (QED) is 0.844. The second kappa shape index (κ2) is 6.18. The molecule has 1 amide bonds. The van der Waals surface area contributed by atoms with E-state index in [4.69, 9.17) is 4.74 Å². The number of nitrogens with zero attached hydrogens (tertiary/aromatic N) is 5. The second-order valence-electron chi connectivity index (χ2n) is 5.17. The highest BCUT2D eigenvalue weighted by Gasteiger charge is 2.30. The molecule has 1 atom stereocenters. The maximum absolute atomic E-state index is 13.7. The normalized spacial score (nSPS) is 17.9. The number of ether oxygens (including phenoxy) is 1. The summed E-state index contributed by atoms with van der Waals surface area (Å²) in [5.41, 5.74) is 0.793. The van der Waals surface area contributed by atoms with Crippen LogP contribution in [0.3, 0.4) is 0 Å². The van der Waals surface area contributed by atoms with Crippen LogP contribution in [0, 0.1) is 5.82 Å². The Morgan fingerprint density at radius 2 is 2.41 bits per heavy atom. The van der Waals surface area contributed by atoms with Crippen molar-refractivity contribution in [3.05, 3.63) is 41.7 Å². The van der Waals surface area contributed by atoms with Crippen molar-refractivity contribution >= 4 is 5.91 Å². The molecule has 2 aromatic rings. The minimum atomic E-state index is -0.598. The Balaban J connectivity index is 1.69. The summed E-state index contributed by atoms with van der Waals surface area (Å²) in [6.45, 7) is 1.44. The number of aromatic nitrogens is 4. The zero-order valence-corrected chi connectivity index (χ0v) is 12.1. The van der Waals surface area contributed by atoms with Gasteiger partial charge in [0, 0.05) is 26.4 Å². The van der Waals surface area contributed by atoms with E-state index in [0.717, 1.165) is 18.3 Å². The Morgan fingerprint density at radius 3 is 3.18 bits per heavy atom. The topological polar surface area (TPSA) is 73.1 Å². The van der Waals surface area contributed by atoms with Gasteiger partial charge < -0.3 is 9.64 Å². The summed E-state index contributed by atoms with van der Waals surface area (Å²) in [5, 5.41) is 8.07. The largest absolute Gasteiger partial charge is 0.378 e. The van der Waals surface area contributed by atoms with Crippen molar-refractivity contribution in [2.75, 3.05) is 20.2 Å². The molecule has 116 valence electrons. The van der Waals surface area contributed by atoms with E-state index < -0.39 is 5.82 Å². The molecule has 0 spiro atoms. The lowest BCUT2D eigenvalue weighted by atomic mass is 10.2. The molecular formula is C14H16FN5O2. The van der Waals surface area contributed by atoms with Crippen molar-refractivity contribution < 1.29 is 13.9 Å². The van der Waals surface area contributed by atoms with Crippen molar-refractivity contribution in [1.82, 2.24) is 24.9 Å². The number of amides is 1. The molecule has 0 N–H and O–H groups in total. The molecule has 0 aliphatic carbocycles. The first-order valence-electron chi connectivity index (χ1n) is 6.97. The first-order valence-corrected chi connectivity index (χ1v) is 6.97. The molecule has 0 saturated carbocycles. The summed E-state index contributed by atoms with van der Waals surface area (Å²) in [5.74, 6) is -0.918. The van der Waals surface area contributed by atoms with Gasteiger partial charge in [0.1, 0.15) is 5.69 Å². The van der Waals surface area contributed by atoms with E-state index in [9.17, 15) is 9.18 Å². The van der Waals surface area contributed by atoms with Crippen LogP contribution in [0.2, 0.25) is 0 Å². The third-order valence-corrected chi connectivity index (χ3v) is 3.68. The fourth-order valence-corrected chi connectivity index (χ4v) is 2.57. The van der Waals surface area contributed by atoms with Gasteiger partial charge in [0.2, 0.25) is 0 Å². The lowest BCUT2D eigenvalue weighted by Crippen LogP contribution is -2.30. The fraction of sp³-hybridized carbons (Fsp3) is 0.429. The van der Waals surface area contributed by atoms with Crippen LogP contribution >= 0.6 is 0 Å². The predicted octanol–water partition coefficient (Wildman–Crippen LogP) is 1.05. The van der Waals surface area contributed by atoms with Crippen molar-refractivity contribution in [3.8, 4) is 0 Å². The molecule has 7 nitrogen and oxygen atoms in total. The van der Waals surface area contributed by atoms with Crippen LogP contribution in [0.15, 0.2) is 24.7 Å². The van der Waals surface area contributed by atoms with Crippen molar-refractivity contribution in [3.63, 3.8) is 0 Å². The molecule has 1 fully saturated rings. The zero-order chi connectivity index (χ0) is 15.5. The van der Waals surface area contributed by atoms with Gasteiger partial charge >= 0.3 is 0 Å². The highest BCUT2D eigenvalue weighted by Crippen LogP contribution is 2.23. The summed E-state index contributed by atoms with van der Waals surface area (Å²) in [4.78, 5) is 17.6. The van der Waals surface area contributed by atoms with E-state index >= 15 is 0 Å². The summed E-state index contributed by atoms with van der Waals surface area (Å²) in [6, 6.07) is 1.45. The van der Waals surface area contributed by atoms with Crippen molar-refractivity contribution in [2.24, 2.45) is 0 Å². The van der Waals surface area contributed by atoms with E-state index in [1.807, 2.05) is 6.20 Å². The molecule has 2 aromatic heterocycles. The Bertz CT molecular complexity index is 675. The van der Waals surface area contributed by atoms with E-state index in [-0.39, 0.29) is 17.5 Å². The van der Waals surface area contributed by atoms with E-state index in [1.54, 1.807) is 16.7 Å². The fourth-order valence-electron chi connectivity index (χ4n) is 2.57. The Morgan fingerprint density at radius 1 is 1.55 bits per heavy atom. The molecule has 8 heteroatoms. The van der Waals surface area contributed by atoms with Crippen LogP contribution in [0.5, 0.6) is 0 Å². The van der Waals surface area contributed by atoms with E-state index in [2.05, 4.69) is 15.3 Å². The van der Waals surface area contributed by atoms with Crippen LogP contribution < -0.4 is 0 Å². The summed E-state index contributed by atoms with van der Waals surface area (Å²) in [7, 11) is 1.60. The molecule has 1 unspecified atom stereocenters. The van der Waals surface area contributed by atoms with Gasteiger partial charge in [0.05, 0.1) is 30.6 Å². The summed E-state index contributed by atoms with van der Waals surface area (Å²) >= 11 is 0. The number of hydrogen-bond acceptors (Lipinski definition) is 5. The van der Waals surface area contributed by atoms with Gasteiger partial charge in [-0.2, -0.15) is 0 Å². The standard InChI is InChI=1S/C14H16FN5O2/c1-22-9-10-7-20(18-17-10)11-3-5-19(8-11)14(21)12-2-4-16-6-13(12)15/h2,4,6-7,11H,3,5,8-9H2,1H3. The van der Waals surface area contributed by atoms with Gasteiger partial charge in [-0.1, -0.05) is 5.21 Å². The van der Waals surface area contributed by atoms with Gasteiger partial charge in [0.15, 0.2) is 5.82 Å². The summed E-state index contributed by atoms with van der Waals surface area (Å²) in [6.07, 6.45) is 5.04. The monoisotopic (exact) mass is 305 g/mol. The lowest BCUT2D eigenvalue weighted by Gasteiger charge is -2.16. The van der Waals surface area contributed by atoms with Gasteiger partial charge in [-0.3, -0.25) is 9.78 Å². The highest BCUT2D eigenvalue weighted by molar-refractivity contribution is 5.94. The number of carbonyl (C=O) groups is 1. The van der Waals surface area contributed by atoms with Crippen molar-refractivity contribution in [2.45, 2.75) is 19.1 Å². The molecule has 0 radical (unpaired) electrons. The molecule has 1 aliphatic heterocycles. The number of pyridine rings is 1. The number of halogens is 1. The zero-order valence-electron chi connectivity index (χ0n) is 12.1. The van der Waals surface area contributed by atoms with Gasteiger partial charge in [0.25, 0.3) is 5.91 Å². The van der Waals surface area contributed by atoms with Crippen LogP contribution in [0.4, 0.5) is 4.39 Å². The van der Waals surface area contributed by atoms with Crippen LogP contribution in [0.25, 0.3) is 0 Å². The van der Waals surface area contributed by atoms with Crippen LogP contribution in [-0.2, 0) is 11.3 Å². The van der Waals surface area contributed by atoms with Crippen LogP contribution in [0.1, 0.15) is 28.5 Å². The maximum Gasteiger partial charge on any atom is 0.257 e. The average molecular weight is 305 g/mol. The Kier molecular flexibility index (Phi) is 4.10. The minimum Gasteiger partial charge on any atom is -0.378 e. The van der Waals surface area contributed by atoms with E-state index in [0.29, 0.717) is 19.7 Å². The Labute approximate surface area is 126 Å². The smallest absolute Gasteiger partial charge is 0.257 e. The predicted molar refractivity (Wildman–Crippen MR) is 74.5 cm³/mol. The molecule has 1 saturated heterocycles. The molecule has 1 aliphatic rings. The van der Waals surface area contributed by atoms with Gasteiger partial charge in [-0.15, -0.1) is 5.10 Å². The molecule has 22 heavy (non-hydrogen) atoms. The number of likely N-dealkylation sites (tertiary alicyclic amines) is 1. The SMILES string of the molecule is COCc1cn(C2CCN(C(=O)c3ccncc3F)C2)nn1. The number of hydrogen-bond donors (Lipinski definition) is 0. The minimum absolute atomic E-state index is 0.0481. The highest BCUT2D eigenvalue weighted by atomic mass is 19.1. The first kappa shape index (κ1) is 14.6. The van der Waals surface area contributed by atoms with Crippen LogP contribution in [-0.4, -0.2) is 51.0 Å². The molecule has 0 bridgehead atoms. The Hall–Kier alpha value is -2.35. The third kappa shape index (κ3) is 2.82. The number of methoxy groups -OCH3 is 1. The number of rotatable bonds is 4. The van der Waals surface area contributed by atoms with Gasteiger partial charge in [-0.25, -0.2) is 9.07 Å². The molecule has 3 heterocycles. The average Bonchev–Trinajstić information content (AvgIpc) is 3.16. The first-order chi connectivity index (χ1) is 10.7. The molecule has 0 aromatic carbocycles. The van der Waals surface area contributed by atoms with E-state index in [1.165, 1.54) is 12.3 Å². The molecular weight excluding hydrogens is 289 g/mol. The second-order valence-corrected chi connectivity index (χ2v) is 5.17. The maximum atomic E-state index is 13.7.